The summed E-state index contributed by atoms with van der Waals surface area (Å²) in [6.45, 7) is 12.2. The van der Waals surface area contributed by atoms with Gasteiger partial charge >= 0.3 is 0 Å². The smallest absolute Gasteiger partial charge is 0.120 e. The quantitative estimate of drug-likeness (QED) is 0.660. The predicted octanol–water partition coefficient (Wildman–Crippen LogP) is 2.27. The lowest BCUT2D eigenvalue weighted by molar-refractivity contribution is -0.0919. The van der Waals surface area contributed by atoms with Crippen molar-refractivity contribution in [2.75, 3.05) is 19.7 Å². The van der Waals surface area contributed by atoms with Gasteiger partial charge in [0.25, 0.3) is 0 Å². The molecule has 84 valence electrons. The van der Waals surface area contributed by atoms with Crippen LogP contribution in [0.5, 0.6) is 0 Å². The highest BCUT2D eigenvalue weighted by atomic mass is 16.6. The monoisotopic (exact) mass is 207 g/mol. The first-order valence-electron chi connectivity index (χ1n) is 6.15. The summed E-state index contributed by atoms with van der Waals surface area (Å²) in [5, 5.41) is 0. The number of rotatable bonds is 3. The van der Waals surface area contributed by atoms with Crippen molar-refractivity contribution in [2.45, 2.75) is 32.8 Å². The highest BCUT2D eigenvalue weighted by Gasteiger charge is 2.54. The molecule has 15 heavy (non-hydrogen) atoms. The first kappa shape index (κ1) is 9.71. The van der Waals surface area contributed by atoms with Gasteiger partial charge in [-0.05, 0) is 24.7 Å². The molecule has 1 unspecified atom stereocenters. The molecule has 0 aromatic heterocycles. The molecular weight excluding hydrogens is 186 g/mol. The largest absolute Gasteiger partial charge is 0.372 e. The van der Waals surface area contributed by atoms with Crippen LogP contribution in [-0.4, -0.2) is 30.7 Å². The maximum atomic E-state index is 5.27. The highest BCUT2D eigenvalue weighted by molar-refractivity contribution is 5.16. The van der Waals surface area contributed by atoms with Crippen LogP contribution in [0.2, 0.25) is 0 Å². The summed E-state index contributed by atoms with van der Waals surface area (Å²) in [4.78, 5) is 2.42. The third kappa shape index (κ3) is 1.50. The number of likely N-dealkylation sites (tertiary alicyclic amines) is 1. The zero-order chi connectivity index (χ0) is 10.6. The van der Waals surface area contributed by atoms with Crippen LogP contribution in [0.4, 0.5) is 0 Å². The lowest BCUT2D eigenvalue weighted by Gasteiger charge is -2.61. The van der Waals surface area contributed by atoms with Crippen LogP contribution in [0.1, 0.15) is 26.7 Å². The molecule has 2 heteroatoms. The average molecular weight is 207 g/mol. The third-order valence-corrected chi connectivity index (χ3v) is 4.50. The van der Waals surface area contributed by atoms with E-state index in [2.05, 4.69) is 25.3 Å². The molecule has 1 aliphatic carbocycles. The number of hydrogen-bond acceptors (Lipinski definition) is 2. The van der Waals surface area contributed by atoms with Gasteiger partial charge in [0.05, 0.1) is 6.61 Å². The van der Waals surface area contributed by atoms with E-state index in [1.807, 2.05) is 0 Å². The molecule has 0 aromatic carbocycles. The van der Waals surface area contributed by atoms with Gasteiger partial charge in [0, 0.05) is 24.2 Å². The second-order valence-corrected chi connectivity index (χ2v) is 6.08. The fraction of sp³-hybridized carbons (Fsp3) is 0.846. The van der Waals surface area contributed by atoms with Gasteiger partial charge in [-0.2, -0.15) is 0 Å². The van der Waals surface area contributed by atoms with Gasteiger partial charge < -0.3 is 9.64 Å². The van der Waals surface area contributed by atoms with Crippen molar-refractivity contribution in [3.8, 4) is 0 Å². The topological polar surface area (TPSA) is 15.8 Å². The molecule has 1 saturated carbocycles. The molecule has 0 N–H and O–H groups in total. The van der Waals surface area contributed by atoms with Crippen molar-refractivity contribution >= 4 is 0 Å². The Morgan fingerprint density at radius 1 is 1.40 bits per heavy atom. The minimum atomic E-state index is 0.364. The summed E-state index contributed by atoms with van der Waals surface area (Å²) in [5.74, 6) is 1.86. The van der Waals surface area contributed by atoms with Crippen molar-refractivity contribution in [3.63, 3.8) is 0 Å². The van der Waals surface area contributed by atoms with E-state index in [1.54, 1.807) is 0 Å². The van der Waals surface area contributed by atoms with E-state index in [-0.39, 0.29) is 0 Å². The molecule has 2 nitrogen and oxygen atoms in total. The van der Waals surface area contributed by atoms with E-state index in [9.17, 15) is 0 Å². The molecule has 2 heterocycles. The van der Waals surface area contributed by atoms with Gasteiger partial charge in [-0.25, -0.2) is 0 Å². The molecule has 3 aliphatic rings. The maximum absolute atomic E-state index is 5.27. The second kappa shape index (κ2) is 3.00. The van der Waals surface area contributed by atoms with Crippen molar-refractivity contribution in [2.24, 2.45) is 17.3 Å². The van der Waals surface area contributed by atoms with Crippen LogP contribution in [-0.2, 0) is 4.74 Å². The molecule has 1 spiro atoms. The van der Waals surface area contributed by atoms with Crippen molar-refractivity contribution in [3.05, 3.63) is 12.3 Å². The molecule has 1 atom stereocenters. The van der Waals surface area contributed by atoms with E-state index in [4.69, 9.17) is 4.74 Å². The zero-order valence-corrected chi connectivity index (χ0v) is 9.83. The Kier molecular flexibility index (Phi) is 1.94. The number of nitrogens with zero attached hydrogens (tertiary/aromatic N) is 1. The minimum Gasteiger partial charge on any atom is -0.372 e. The number of hydrogen-bond donors (Lipinski definition) is 0. The molecule has 0 aromatic rings. The normalized spacial score (nSPS) is 32.7. The lowest BCUT2D eigenvalue weighted by Crippen LogP contribution is -2.62. The highest BCUT2D eigenvalue weighted by Crippen LogP contribution is 2.55. The summed E-state index contributed by atoms with van der Waals surface area (Å²) in [6, 6.07) is 0. The van der Waals surface area contributed by atoms with Gasteiger partial charge in [-0.1, -0.05) is 20.4 Å². The Labute approximate surface area is 92.3 Å². The van der Waals surface area contributed by atoms with Crippen LogP contribution >= 0.6 is 0 Å². The van der Waals surface area contributed by atoms with Crippen molar-refractivity contribution in [1.29, 1.82) is 0 Å². The van der Waals surface area contributed by atoms with Gasteiger partial charge in [0.1, 0.15) is 6.10 Å². The summed E-state index contributed by atoms with van der Waals surface area (Å²) < 4.78 is 5.27. The van der Waals surface area contributed by atoms with E-state index < -0.39 is 0 Å². The van der Waals surface area contributed by atoms with Gasteiger partial charge in [-0.15, -0.1) is 0 Å². The Balaban J connectivity index is 1.48. The van der Waals surface area contributed by atoms with Crippen molar-refractivity contribution < 1.29 is 4.74 Å². The SMILES string of the molecule is C=C(C1CO1)N1CC2(CC(C(C)C)C2)C1. The van der Waals surface area contributed by atoms with E-state index in [1.165, 1.54) is 31.6 Å². The molecular formula is C13H21NO. The number of ether oxygens (including phenoxy) is 1. The Bertz CT molecular complexity index is 279. The molecule has 0 bridgehead atoms. The standard InChI is InChI=1S/C13H21NO/c1-9(2)11-4-13(5-11)7-14(8-13)10(3)12-6-15-12/h9,11-12H,3-8H2,1-2H3. The number of epoxide rings is 1. The van der Waals surface area contributed by atoms with Crippen LogP contribution in [0.3, 0.4) is 0 Å². The Morgan fingerprint density at radius 2 is 2.00 bits per heavy atom. The Hall–Kier alpha value is -0.500. The molecule has 2 aliphatic heterocycles. The van der Waals surface area contributed by atoms with Gasteiger partial charge in [-0.3, -0.25) is 0 Å². The fourth-order valence-corrected chi connectivity index (χ4v) is 3.19. The van der Waals surface area contributed by atoms with Crippen LogP contribution in [0, 0.1) is 17.3 Å². The predicted molar refractivity (Wildman–Crippen MR) is 60.4 cm³/mol. The molecule has 0 amide bonds. The molecule has 3 rings (SSSR count). The first-order valence-corrected chi connectivity index (χ1v) is 6.15. The van der Waals surface area contributed by atoms with Crippen molar-refractivity contribution in [1.82, 2.24) is 4.90 Å². The fourth-order valence-electron chi connectivity index (χ4n) is 3.19. The summed E-state index contributed by atoms with van der Waals surface area (Å²) >= 11 is 0. The minimum absolute atomic E-state index is 0.364. The van der Waals surface area contributed by atoms with E-state index >= 15 is 0 Å². The van der Waals surface area contributed by atoms with Crippen LogP contribution in [0.15, 0.2) is 12.3 Å². The van der Waals surface area contributed by atoms with Gasteiger partial charge in [0.2, 0.25) is 0 Å². The van der Waals surface area contributed by atoms with E-state index in [0.717, 1.165) is 18.4 Å². The molecule has 2 saturated heterocycles. The second-order valence-electron chi connectivity index (χ2n) is 6.08. The first-order chi connectivity index (χ1) is 7.10. The van der Waals surface area contributed by atoms with Gasteiger partial charge in [0.15, 0.2) is 0 Å². The maximum Gasteiger partial charge on any atom is 0.120 e. The molecule has 0 radical (unpaired) electrons. The summed E-state index contributed by atoms with van der Waals surface area (Å²) in [5.41, 5.74) is 1.90. The van der Waals surface area contributed by atoms with E-state index in [0.29, 0.717) is 11.5 Å². The van der Waals surface area contributed by atoms with Crippen LogP contribution in [0.25, 0.3) is 0 Å². The summed E-state index contributed by atoms with van der Waals surface area (Å²) in [7, 11) is 0. The Morgan fingerprint density at radius 3 is 2.47 bits per heavy atom. The third-order valence-electron chi connectivity index (χ3n) is 4.50. The lowest BCUT2D eigenvalue weighted by atomic mass is 9.55. The summed E-state index contributed by atoms with van der Waals surface area (Å²) in [6.07, 6.45) is 3.25. The zero-order valence-electron chi connectivity index (χ0n) is 9.83. The van der Waals surface area contributed by atoms with Crippen LogP contribution < -0.4 is 0 Å². The average Bonchev–Trinajstić information content (AvgIpc) is 2.78. The molecule has 3 fully saturated rings.